The van der Waals surface area contributed by atoms with Crippen LogP contribution in [-0.2, 0) is 14.8 Å². The number of ether oxygens (including phenoxy) is 1. The molecule has 23 heavy (non-hydrogen) atoms. The molecule has 3 rings (SSSR count). The number of sulfonamides is 1. The highest BCUT2D eigenvalue weighted by Gasteiger charge is 2.29. The molecule has 2 fully saturated rings. The maximum absolute atomic E-state index is 12.6. The summed E-state index contributed by atoms with van der Waals surface area (Å²) < 4.78 is 34.9. The zero-order valence-electron chi connectivity index (χ0n) is 13.6. The van der Waals surface area contributed by atoms with Crippen LogP contribution in [0.3, 0.4) is 0 Å². The molecule has 1 unspecified atom stereocenters. The Labute approximate surface area is 138 Å². The van der Waals surface area contributed by atoms with Gasteiger partial charge in [0.15, 0.2) is 0 Å². The Morgan fingerprint density at radius 3 is 2.52 bits per heavy atom. The molecule has 1 saturated carbocycles. The normalized spacial score (nSPS) is 25.6. The van der Waals surface area contributed by atoms with Gasteiger partial charge in [-0.3, -0.25) is 4.90 Å². The second-order valence-electron chi connectivity index (χ2n) is 6.28. The molecular formula is C17H24N2O3S. The summed E-state index contributed by atoms with van der Waals surface area (Å²) in [5.41, 5.74) is 1.86. The van der Waals surface area contributed by atoms with E-state index in [1.807, 2.05) is 19.1 Å². The first-order valence-electron chi connectivity index (χ1n) is 8.28. The summed E-state index contributed by atoms with van der Waals surface area (Å²) >= 11 is 0. The number of hydrogen-bond donors (Lipinski definition) is 0. The third-order valence-electron chi connectivity index (χ3n) is 4.59. The van der Waals surface area contributed by atoms with Crippen molar-refractivity contribution in [2.75, 3.05) is 26.3 Å². The van der Waals surface area contributed by atoms with Crippen LogP contribution in [0.1, 0.15) is 31.2 Å². The molecule has 5 nitrogen and oxygen atoms in total. The molecule has 0 amide bonds. The number of rotatable bonds is 3. The molecule has 1 aliphatic heterocycles. The van der Waals surface area contributed by atoms with E-state index in [4.69, 9.17) is 4.74 Å². The molecule has 1 aliphatic carbocycles. The molecule has 1 aromatic carbocycles. The fraction of sp³-hybridized carbons (Fsp3) is 0.588. The van der Waals surface area contributed by atoms with E-state index in [9.17, 15) is 8.42 Å². The maximum atomic E-state index is 12.6. The molecule has 126 valence electrons. The molecule has 0 aromatic heterocycles. The fourth-order valence-corrected chi connectivity index (χ4v) is 4.39. The van der Waals surface area contributed by atoms with Crippen molar-refractivity contribution in [3.8, 4) is 0 Å². The lowest BCUT2D eigenvalue weighted by Crippen LogP contribution is -2.48. The van der Waals surface area contributed by atoms with Gasteiger partial charge in [0.2, 0.25) is 0 Å². The molecule has 1 aromatic rings. The Morgan fingerprint density at radius 1 is 1.13 bits per heavy atom. The van der Waals surface area contributed by atoms with Crippen LogP contribution in [0.5, 0.6) is 0 Å². The molecule has 2 aliphatic rings. The molecule has 1 atom stereocenters. The maximum Gasteiger partial charge on any atom is 0.282 e. The summed E-state index contributed by atoms with van der Waals surface area (Å²) in [6.45, 7) is 5.09. The van der Waals surface area contributed by atoms with Gasteiger partial charge < -0.3 is 4.74 Å². The second-order valence-corrected chi connectivity index (χ2v) is 7.88. The van der Waals surface area contributed by atoms with Crippen molar-refractivity contribution >= 4 is 15.7 Å². The predicted molar refractivity (Wildman–Crippen MR) is 90.4 cm³/mol. The quantitative estimate of drug-likeness (QED) is 0.850. The highest BCUT2D eigenvalue weighted by atomic mass is 32.2. The van der Waals surface area contributed by atoms with E-state index in [0.29, 0.717) is 13.2 Å². The minimum atomic E-state index is -3.62. The van der Waals surface area contributed by atoms with Crippen molar-refractivity contribution in [3.63, 3.8) is 0 Å². The average molecular weight is 336 g/mol. The monoisotopic (exact) mass is 336 g/mol. The first-order chi connectivity index (χ1) is 11.1. The third kappa shape index (κ3) is 4.00. The lowest BCUT2D eigenvalue weighted by molar-refractivity contribution is 0.0259. The highest BCUT2D eigenvalue weighted by Crippen LogP contribution is 2.24. The molecule has 0 spiro atoms. The number of morpholine rings is 1. The number of nitrogens with zero attached hydrogens (tertiary/aromatic N) is 2. The van der Waals surface area contributed by atoms with Gasteiger partial charge >= 0.3 is 0 Å². The van der Waals surface area contributed by atoms with Crippen LogP contribution in [0.25, 0.3) is 0 Å². The Bertz CT molecular complexity index is 662. The van der Waals surface area contributed by atoms with Gasteiger partial charge in [-0.2, -0.15) is 12.8 Å². The Kier molecular flexibility index (Phi) is 5.14. The molecule has 0 N–H and O–H groups in total. The van der Waals surface area contributed by atoms with Crippen molar-refractivity contribution in [2.24, 2.45) is 4.40 Å². The SMILES string of the molecule is Cc1ccc(S(=O)(=O)/N=C2\CCCCC2N2CCOCC2)cc1. The molecule has 1 saturated heterocycles. The minimum Gasteiger partial charge on any atom is -0.379 e. The lowest BCUT2D eigenvalue weighted by atomic mass is 9.92. The predicted octanol–water partition coefficient (Wildman–Crippen LogP) is 2.40. The van der Waals surface area contributed by atoms with Gasteiger partial charge in [0, 0.05) is 24.8 Å². The zero-order chi connectivity index (χ0) is 16.3. The van der Waals surface area contributed by atoms with Gasteiger partial charge in [0.25, 0.3) is 10.0 Å². The Morgan fingerprint density at radius 2 is 1.83 bits per heavy atom. The standard InChI is InChI=1S/C17H24N2O3S/c1-14-6-8-15(9-7-14)23(20,21)18-16-4-2-3-5-17(16)19-10-12-22-13-11-19/h6-9,17H,2-5,10-13H2,1H3/b18-16+. The largest absolute Gasteiger partial charge is 0.379 e. The summed E-state index contributed by atoms with van der Waals surface area (Å²) in [6.07, 6.45) is 3.91. The first kappa shape index (κ1) is 16.6. The van der Waals surface area contributed by atoms with E-state index in [-0.39, 0.29) is 10.9 Å². The van der Waals surface area contributed by atoms with Crippen LogP contribution >= 0.6 is 0 Å². The van der Waals surface area contributed by atoms with E-state index in [1.54, 1.807) is 12.1 Å². The van der Waals surface area contributed by atoms with E-state index in [0.717, 1.165) is 50.0 Å². The number of benzene rings is 1. The van der Waals surface area contributed by atoms with Crippen LogP contribution in [-0.4, -0.2) is 51.4 Å². The average Bonchev–Trinajstić information content (AvgIpc) is 2.56. The first-order valence-corrected chi connectivity index (χ1v) is 9.72. The van der Waals surface area contributed by atoms with Gasteiger partial charge in [-0.05, 0) is 38.3 Å². The lowest BCUT2D eigenvalue weighted by Gasteiger charge is -2.37. The molecule has 1 heterocycles. The summed E-state index contributed by atoms with van der Waals surface area (Å²) in [7, 11) is -3.62. The number of hydrogen-bond acceptors (Lipinski definition) is 4. The molecule has 6 heteroatoms. The summed E-state index contributed by atoms with van der Waals surface area (Å²) in [4.78, 5) is 2.61. The van der Waals surface area contributed by atoms with Gasteiger partial charge in [-0.25, -0.2) is 0 Å². The topological polar surface area (TPSA) is 59.0 Å². The smallest absolute Gasteiger partial charge is 0.282 e. The van der Waals surface area contributed by atoms with E-state index < -0.39 is 10.0 Å². The van der Waals surface area contributed by atoms with Gasteiger partial charge in [-0.1, -0.05) is 24.1 Å². The van der Waals surface area contributed by atoms with Crippen LogP contribution in [0.15, 0.2) is 33.6 Å². The van der Waals surface area contributed by atoms with Crippen LogP contribution in [0, 0.1) is 6.92 Å². The summed E-state index contributed by atoms with van der Waals surface area (Å²) in [5.74, 6) is 0. The molecule has 0 bridgehead atoms. The number of aryl methyl sites for hydroxylation is 1. The summed E-state index contributed by atoms with van der Waals surface area (Å²) in [5, 5.41) is 0. The molecule has 0 radical (unpaired) electrons. The third-order valence-corrected chi connectivity index (χ3v) is 5.93. The van der Waals surface area contributed by atoms with Crippen LogP contribution in [0.4, 0.5) is 0 Å². The van der Waals surface area contributed by atoms with Crippen molar-refractivity contribution < 1.29 is 13.2 Å². The molecular weight excluding hydrogens is 312 g/mol. The van der Waals surface area contributed by atoms with Crippen molar-refractivity contribution in [2.45, 2.75) is 43.5 Å². The van der Waals surface area contributed by atoms with E-state index in [2.05, 4.69) is 9.30 Å². The minimum absolute atomic E-state index is 0.146. The van der Waals surface area contributed by atoms with Gasteiger partial charge in [0.05, 0.1) is 18.1 Å². The van der Waals surface area contributed by atoms with Crippen molar-refractivity contribution in [3.05, 3.63) is 29.8 Å². The van der Waals surface area contributed by atoms with E-state index in [1.165, 1.54) is 0 Å². The zero-order valence-corrected chi connectivity index (χ0v) is 14.4. The van der Waals surface area contributed by atoms with Crippen LogP contribution in [0.2, 0.25) is 0 Å². The fourth-order valence-electron chi connectivity index (χ4n) is 3.28. The highest BCUT2D eigenvalue weighted by molar-refractivity contribution is 7.90. The van der Waals surface area contributed by atoms with Crippen molar-refractivity contribution in [1.29, 1.82) is 0 Å². The van der Waals surface area contributed by atoms with Gasteiger partial charge in [0.1, 0.15) is 0 Å². The van der Waals surface area contributed by atoms with Gasteiger partial charge in [-0.15, -0.1) is 0 Å². The van der Waals surface area contributed by atoms with E-state index >= 15 is 0 Å². The Hall–Kier alpha value is -1.24. The second kappa shape index (κ2) is 7.11. The van der Waals surface area contributed by atoms with Crippen molar-refractivity contribution in [1.82, 2.24) is 4.90 Å². The Balaban J connectivity index is 1.86. The summed E-state index contributed by atoms with van der Waals surface area (Å²) in [6, 6.07) is 7.05. The van der Waals surface area contributed by atoms with Crippen LogP contribution < -0.4 is 0 Å².